The first-order valence-corrected chi connectivity index (χ1v) is 5.96. The highest BCUT2D eigenvalue weighted by molar-refractivity contribution is 5.94. The summed E-state index contributed by atoms with van der Waals surface area (Å²) < 4.78 is 36.4. The molecule has 0 aliphatic heterocycles. The minimum atomic E-state index is -4.90. The third-order valence-electron chi connectivity index (χ3n) is 2.10. The van der Waals surface area contributed by atoms with Gasteiger partial charge in [-0.25, -0.2) is 0 Å². The lowest BCUT2D eigenvalue weighted by molar-refractivity contribution is -0.167. The molecule has 0 bridgehead atoms. The maximum Gasteiger partial charge on any atom is 0.471 e. The zero-order valence-corrected chi connectivity index (χ0v) is 11.5. The van der Waals surface area contributed by atoms with Gasteiger partial charge in [0.15, 0.2) is 0 Å². The highest BCUT2D eigenvalue weighted by Gasteiger charge is 2.38. The lowest BCUT2D eigenvalue weighted by Gasteiger charge is -2.19. The summed E-state index contributed by atoms with van der Waals surface area (Å²) in [5.41, 5.74) is 3.12. The highest BCUT2D eigenvalue weighted by Crippen LogP contribution is 2.19. The molecule has 20 heavy (non-hydrogen) atoms. The van der Waals surface area contributed by atoms with E-state index in [1.165, 1.54) is 12.1 Å². The van der Waals surface area contributed by atoms with Crippen molar-refractivity contribution in [2.24, 2.45) is 0 Å². The summed E-state index contributed by atoms with van der Waals surface area (Å²) >= 11 is 0. The van der Waals surface area contributed by atoms with Gasteiger partial charge in [0.25, 0.3) is 0 Å². The van der Waals surface area contributed by atoms with E-state index in [4.69, 9.17) is 4.84 Å². The van der Waals surface area contributed by atoms with Gasteiger partial charge in [0.05, 0.1) is 5.60 Å². The lowest BCUT2D eigenvalue weighted by Crippen LogP contribution is -2.30. The molecule has 0 aliphatic carbocycles. The standard InChI is InChI=1S/C13H17F3N2O2/c1-12(2,3)20-17-8-9-5-4-6-10(7-9)18-11(19)13(14,15)16/h4-7,17H,8H2,1-3H3,(H,18,19). The molecule has 0 aliphatic rings. The van der Waals surface area contributed by atoms with Crippen molar-refractivity contribution in [3.05, 3.63) is 29.8 Å². The van der Waals surface area contributed by atoms with Crippen molar-refractivity contribution in [2.75, 3.05) is 5.32 Å². The first-order chi connectivity index (χ1) is 9.08. The minimum Gasteiger partial charge on any atom is -0.318 e. The second kappa shape index (κ2) is 6.23. The number of halogens is 3. The zero-order chi connectivity index (χ0) is 15.4. The van der Waals surface area contributed by atoms with E-state index in [1.807, 2.05) is 20.8 Å². The molecule has 2 N–H and O–H groups in total. The first kappa shape index (κ1) is 16.5. The Bertz CT molecular complexity index is 467. The Morgan fingerprint density at radius 3 is 2.45 bits per heavy atom. The smallest absolute Gasteiger partial charge is 0.318 e. The molecule has 4 nitrogen and oxygen atoms in total. The Kier molecular flexibility index (Phi) is 5.13. The van der Waals surface area contributed by atoms with Gasteiger partial charge in [0, 0.05) is 12.2 Å². The van der Waals surface area contributed by atoms with Crippen LogP contribution in [0.5, 0.6) is 0 Å². The molecule has 0 atom stereocenters. The van der Waals surface area contributed by atoms with Gasteiger partial charge in [-0.15, -0.1) is 0 Å². The monoisotopic (exact) mass is 290 g/mol. The molecule has 0 saturated carbocycles. The number of hydroxylamine groups is 1. The van der Waals surface area contributed by atoms with Gasteiger partial charge in [0.1, 0.15) is 0 Å². The summed E-state index contributed by atoms with van der Waals surface area (Å²) in [5, 5.41) is 1.80. The van der Waals surface area contributed by atoms with Gasteiger partial charge in [-0.05, 0) is 38.5 Å². The maximum absolute atomic E-state index is 12.1. The number of amides is 1. The molecule has 112 valence electrons. The molecule has 1 rings (SSSR count). The van der Waals surface area contributed by atoms with Crippen molar-refractivity contribution in [3.8, 4) is 0 Å². The van der Waals surface area contributed by atoms with E-state index in [9.17, 15) is 18.0 Å². The van der Waals surface area contributed by atoms with Crippen LogP contribution in [0, 0.1) is 0 Å². The predicted octanol–water partition coefficient (Wildman–Crippen LogP) is 3.01. The van der Waals surface area contributed by atoms with Crippen LogP contribution in [-0.2, 0) is 16.2 Å². The number of nitrogens with one attached hydrogen (secondary N) is 2. The van der Waals surface area contributed by atoms with E-state index in [0.29, 0.717) is 12.1 Å². The Labute approximate surface area is 115 Å². The molecule has 1 aromatic carbocycles. The van der Waals surface area contributed by atoms with Gasteiger partial charge in [-0.1, -0.05) is 12.1 Å². The highest BCUT2D eigenvalue weighted by atomic mass is 19.4. The quantitative estimate of drug-likeness (QED) is 0.838. The number of alkyl halides is 3. The largest absolute Gasteiger partial charge is 0.471 e. The maximum atomic E-state index is 12.1. The molecule has 0 unspecified atom stereocenters. The topological polar surface area (TPSA) is 50.4 Å². The fraction of sp³-hybridized carbons (Fsp3) is 0.462. The van der Waals surface area contributed by atoms with E-state index < -0.39 is 12.1 Å². The van der Waals surface area contributed by atoms with Crippen molar-refractivity contribution in [2.45, 2.75) is 39.1 Å². The molecule has 0 fully saturated rings. The summed E-state index contributed by atoms with van der Waals surface area (Å²) in [4.78, 5) is 16.1. The van der Waals surface area contributed by atoms with E-state index in [1.54, 1.807) is 17.4 Å². The van der Waals surface area contributed by atoms with Gasteiger partial charge >= 0.3 is 12.1 Å². The second-order valence-corrected chi connectivity index (χ2v) is 5.19. The van der Waals surface area contributed by atoms with Crippen LogP contribution in [-0.4, -0.2) is 17.7 Å². The van der Waals surface area contributed by atoms with Crippen molar-refractivity contribution in [3.63, 3.8) is 0 Å². The van der Waals surface area contributed by atoms with Gasteiger partial charge < -0.3 is 5.32 Å². The fourth-order valence-electron chi connectivity index (χ4n) is 1.30. The van der Waals surface area contributed by atoms with Crippen molar-refractivity contribution in [1.82, 2.24) is 5.48 Å². The molecule has 0 aromatic heterocycles. The number of carbonyl (C=O) groups excluding carboxylic acids is 1. The third-order valence-corrected chi connectivity index (χ3v) is 2.10. The van der Waals surface area contributed by atoms with Crippen molar-refractivity contribution >= 4 is 11.6 Å². The van der Waals surface area contributed by atoms with Crippen LogP contribution in [0.2, 0.25) is 0 Å². The molecule has 0 saturated heterocycles. The summed E-state index contributed by atoms with van der Waals surface area (Å²) in [6.45, 7) is 5.90. The Hall–Kier alpha value is -1.60. The molecule has 7 heteroatoms. The molecular weight excluding hydrogens is 273 g/mol. The van der Waals surface area contributed by atoms with Crippen LogP contribution in [0.15, 0.2) is 24.3 Å². The summed E-state index contributed by atoms with van der Waals surface area (Å²) in [6.07, 6.45) is -4.90. The number of anilines is 1. The number of benzene rings is 1. The van der Waals surface area contributed by atoms with Crippen LogP contribution in [0.4, 0.5) is 18.9 Å². The second-order valence-electron chi connectivity index (χ2n) is 5.19. The average molecular weight is 290 g/mol. The fourth-order valence-corrected chi connectivity index (χ4v) is 1.30. The number of carbonyl (C=O) groups is 1. The zero-order valence-electron chi connectivity index (χ0n) is 11.5. The van der Waals surface area contributed by atoms with E-state index in [2.05, 4.69) is 5.48 Å². The van der Waals surface area contributed by atoms with Crippen LogP contribution in [0.25, 0.3) is 0 Å². The average Bonchev–Trinajstić information content (AvgIpc) is 2.26. The number of rotatable bonds is 4. The van der Waals surface area contributed by atoms with Crippen LogP contribution >= 0.6 is 0 Å². The Balaban J connectivity index is 2.60. The molecule has 0 spiro atoms. The third kappa shape index (κ3) is 6.03. The molecule has 1 amide bonds. The lowest BCUT2D eigenvalue weighted by atomic mass is 10.2. The Morgan fingerprint density at radius 2 is 1.90 bits per heavy atom. The molecule has 0 radical (unpaired) electrons. The normalized spacial score (nSPS) is 12.3. The predicted molar refractivity (Wildman–Crippen MR) is 68.8 cm³/mol. The summed E-state index contributed by atoms with van der Waals surface area (Å²) in [6, 6.07) is 6.10. The summed E-state index contributed by atoms with van der Waals surface area (Å²) in [7, 11) is 0. The first-order valence-electron chi connectivity index (χ1n) is 5.96. The van der Waals surface area contributed by atoms with Crippen LogP contribution < -0.4 is 10.8 Å². The SMILES string of the molecule is CC(C)(C)ONCc1cccc(NC(=O)C(F)(F)F)c1. The van der Waals surface area contributed by atoms with Crippen LogP contribution in [0.1, 0.15) is 26.3 Å². The van der Waals surface area contributed by atoms with E-state index in [0.717, 1.165) is 0 Å². The van der Waals surface area contributed by atoms with E-state index in [-0.39, 0.29) is 11.3 Å². The number of hydrogen-bond acceptors (Lipinski definition) is 3. The number of hydrogen-bond donors (Lipinski definition) is 2. The van der Waals surface area contributed by atoms with Gasteiger partial charge in [0.2, 0.25) is 0 Å². The molecule has 0 heterocycles. The van der Waals surface area contributed by atoms with E-state index >= 15 is 0 Å². The Morgan fingerprint density at radius 1 is 1.25 bits per heavy atom. The van der Waals surface area contributed by atoms with Gasteiger partial charge in [-0.2, -0.15) is 18.7 Å². The van der Waals surface area contributed by atoms with Crippen molar-refractivity contribution < 1.29 is 22.8 Å². The molecular formula is C13H17F3N2O2. The minimum absolute atomic E-state index is 0.0855. The molecule has 1 aromatic rings. The summed E-state index contributed by atoms with van der Waals surface area (Å²) in [5.74, 6) is -1.99. The van der Waals surface area contributed by atoms with Gasteiger partial charge in [-0.3, -0.25) is 9.63 Å². The van der Waals surface area contributed by atoms with Crippen molar-refractivity contribution in [1.29, 1.82) is 0 Å². The van der Waals surface area contributed by atoms with Crippen LogP contribution in [0.3, 0.4) is 0 Å².